The van der Waals surface area contributed by atoms with Crippen LogP contribution in [-0.2, 0) is 24.7 Å². The molecule has 0 unspecified atom stereocenters. The van der Waals surface area contributed by atoms with E-state index in [1.807, 2.05) is 22.7 Å². The van der Waals surface area contributed by atoms with E-state index in [0.717, 1.165) is 0 Å². The molecule has 0 aliphatic rings. The van der Waals surface area contributed by atoms with Gasteiger partial charge in [0.2, 0.25) is 0 Å². The summed E-state index contributed by atoms with van der Waals surface area (Å²) in [6, 6.07) is 0. The van der Waals surface area contributed by atoms with Crippen molar-refractivity contribution in [3.8, 4) is 0 Å². The smallest absolute Gasteiger partial charge is 0.0496 e. The predicted molar refractivity (Wildman–Crippen MR) is 86.5 cm³/mol. The zero-order valence-electron chi connectivity index (χ0n) is 12.4. The predicted octanol–water partition coefficient (Wildman–Crippen LogP) is 5.95. The van der Waals surface area contributed by atoms with Gasteiger partial charge in [-0.05, 0) is 35.8 Å². The summed E-state index contributed by atoms with van der Waals surface area (Å²) < 4.78 is 3.17. The lowest BCUT2D eigenvalue weighted by molar-refractivity contribution is 0.593. The van der Waals surface area contributed by atoms with E-state index in [1.54, 1.807) is 30.3 Å². The second-order valence-corrected chi connectivity index (χ2v) is 8.08. The second kappa shape index (κ2) is 4.97. The monoisotopic (exact) mass is 280 g/mol. The van der Waals surface area contributed by atoms with E-state index in [1.165, 1.54) is 19.3 Å². The highest BCUT2D eigenvalue weighted by Crippen LogP contribution is 2.46. The fourth-order valence-corrected chi connectivity index (χ4v) is 6.09. The maximum Gasteiger partial charge on any atom is 0.0496 e. The molecule has 2 heterocycles. The molecule has 0 aromatic carbocycles. The van der Waals surface area contributed by atoms with Crippen LogP contribution in [0.4, 0.5) is 0 Å². The quantitative estimate of drug-likeness (QED) is 0.652. The molecule has 0 radical (unpaired) electrons. The maximum absolute atomic E-state index is 2.35. The van der Waals surface area contributed by atoms with Gasteiger partial charge in [-0.1, -0.05) is 41.5 Å². The van der Waals surface area contributed by atoms with Gasteiger partial charge in [0.15, 0.2) is 0 Å². The van der Waals surface area contributed by atoms with Gasteiger partial charge in [0, 0.05) is 19.2 Å². The lowest BCUT2D eigenvalue weighted by Gasteiger charge is -2.19. The summed E-state index contributed by atoms with van der Waals surface area (Å²) in [6.07, 6.45) is 3.53. The first-order chi connectivity index (χ1) is 8.43. The highest BCUT2D eigenvalue weighted by molar-refractivity contribution is 7.28. The summed E-state index contributed by atoms with van der Waals surface area (Å²) in [4.78, 5) is 3.20. The Morgan fingerprint density at radius 3 is 1.78 bits per heavy atom. The van der Waals surface area contributed by atoms with Crippen LogP contribution >= 0.6 is 22.7 Å². The Hall–Kier alpha value is -0.340. The van der Waals surface area contributed by atoms with Crippen LogP contribution in [0, 0.1) is 0 Å². The molecular weight excluding hydrogens is 256 g/mol. The van der Waals surface area contributed by atoms with Crippen molar-refractivity contribution in [2.24, 2.45) is 0 Å². The molecule has 0 spiro atoms. The maximum atomic E-state index is 2.35. The molecule has 0 aliphatic heterocycles. The van der Waals surface area contributed by atoms with Crippen LogP contribution in [0.1, 0.15) is 62.4 Å². The Morgan fingerprint density at radius 1 is 0.778 bits per heavy atom. The van der Waals surface area contributed by atoms with Crippen molar-refractivity contribution < 1.29 is 0 Å². The van der Waals surface area contributed by atoms with E-state index in [0.29, 0.717) is 0 Å². The summed E-state index contributed by atoms with van der Waals surface area (Å²) in [7, 11) is 0. The van der Waals surface area contributed by atoms with E-state index in [-0.39, 0.29) is 5.41 Å². The van der Waals surface area contributed by atoms with E-state index >= 15 is 0 Å². The summed E-state index contributed by atoms with van der Waals surface area (Å²) in [5.41, 5.74) is 3.50. The first-order valence-electron chi connectivity index (χ1n) is 7.00. The molecule has 2 heteroatoms. The minimum atomic E-state index is 0.268. The summed E-state index contributed by atoms with van der Waals surface area (Å²) in [6.45, 7) is 13.9. The summed E-state index contributed by atoms with van der Waals surface area (Å²) in [5.74, 6) is 0. The van der Waals surface area contributed by atoms with Crippen LogP contribution in [0.3, 0.4) is 0 Å². The third-order valence-electron chi connectivity index (χ3n) is 3.52. The Bertz CT molecular complexity index is 550. The molecule has 0 N–H and O–H groups in total. The van der Waals surface area contributed by atoms with Crippen LogP contribution in [-0.4, -0.2) is 0 Å². The van der Waals surface area contributed by atoms with Gasteiger partial charge < -0.3 is 0 Å². The van der Waals surface area contributed by atoms with Crippen molar-refractivity contribution in [2.45, 2.75) is 66.2 Å². The molecule has 0 atom stereocenters. The van der Waals surface area contributed by atoms with Gasteiger partial charge in [0.05, 0.1) is 0 Å². The third-order valence-corrected chi connectivity index (χ3v) is 6.44. The molecule has 18 heavy (non-hydrogen) atoms. The number of thiophene rings is 2. The number of fused-ring (bicyclic) bond motifs is 1. The van der Waals surface area contributed by atoms with Crippen molar-refractivity contribution in [3.05, 3.63) is 20.9 Å². The number of hydrogen-bond acceptors (Lipinski definition) is 2. The highest BCUT2D eigenvalue weighted by atomic mass is 32.1. The summed E-state index contributed by atoms with van der Waals surface area (Å²) in [5, 5.41) is 0. The van der Waals surface area contributed by atoms with Crippen LogP contribution in [0.5, 0.6) is 0 Å². The molecule has 0 nitrogen and oxygen atoms in total. The lowest BCUT2D eigenvalue weighted by atomic mass is 9.86. The fraction of sp³-hybridized carbons (Fsp3) is 0.625. The number of hydrogen-bond donors (Lipinski definition) is 0. The molecule has 2 aromatic rings. The van der Waals surface area contributed by atoms with Gasteiger partial charge in [-0.25, -0.2) is 0 Å². The summed E-state index contributed by atoms with van der Waals surface area (Å²) >= 11 is 4.10. The van der Waals surface area contributed by atoms with Crippen LogP contribution < -0.4 is 0 Å². The average molecular weight is 281 g/mol. The Morgan fingerprint density at radius 2 is 1.33 bits per heavy atom. The average Bonchev–Trinajstić information content (AvgIpc) is 2.80. The minimum Gasteiger partial charge on any atom is -0.139 e. The molecule has 2 aromatic heterocycles. The molecule has 0 saturated heterocycles. The van der Waals surface area contributed by atoms with Crippen LogP contribution in [0.15, 0.2) is 0 Å². The van der Waals surface area contributed by atoms with Gasteiger partial charge >= 0.3 is 0 Å². The highest BCUT2D eigenvalue weighted by Gasteiger charge is 2.26. The fourth-order valence-electron chi connectivity index (χ4n) is 2.72. The van der Waals surface area contributed by atoms with E-state index < -0.39 is 0 Å². The molecule has 0 saturated carbocycles. The van der Waals surface area contributed by atoms with Gasteiger partial charge in [-0.3, -0.25) is 0 Å². The third kappa shape index (κ3) is 2.14. The largest absolute Gasteiger partial charge is 0.139 e. The number of rotatable bonds is 3. The topological polar surface area (TPSA) is 0 Å². The van der Waals surface area contributed by atoms with Crippen molar-refractivity contribution >= 4 is 32.1 Å². The Labute approximate surface area is 119 Å². The van der Waals surface area contributed by atoms with Gasteiger partial charge in [0.25, 0.3) is 0 Å². The molecule has 2 rings (SSSR count). The lowest BCUT2D eigenvalue weighted by Crippen LogP contribution is -2.11. The Kier molecular flexibility index (Phi) is 3.89. The first-order valence-corrected chi connectivity index (χ1v) is 8.63. The number of aryl methyl sites for hydroxylation is 3. The molecule has 0 aliphatic carbocycles. The van der Waals surface area contributed by atoms with Gasteiger partial charge in [-0.2, -0.15) is 0 Å². The zero-order chi connectivity index (χ0) is 13.5. The molecular formula is C16H24S2. The van der Waals surface area contributed by atoms with Crippen molar-refractivity contribution in [2.75, 3.05) is 0 Å². The minimum absolute atomic E-state index is 0.268. The SMILES string of the molecule is CCc1sc2c(C(C)(C)C)c(CC)sc2c1CC. The van der Waals surface area contributed by atoms with Crippen molar-refractivity contribution in [3.63, 3.8) is 0 Å². The standard InChI is InChI=1S/C16H24S2/c1-7-10-11(8-2)17-15-13(16(4,5)6)12(9-3)18-14(10)15/h7-9H2,1-6H3. The van der Waals surface area contributed by atoms with E-state index in [2.05, 4.69) is 41.5 Å². The molecule has 0 fully saturated rings. The zero-order valence-corrected chi connectivity index (χ0v) is 14.1. The normalized spacial score (nSPS) is 12.6. The van der Waals surface area contributed by atoms with Crippen LogP contribution in [0.2, 0.25) is 0 Å². The van der Waals surface area contributed by atoms with Crippen molar-refractivity contribution in [1.82, 2.24) is 0 Å². The van der Waals surface area contributed by atoms with E-state index in [9.17, 15) is 0 Å². The molecule has 0 amide bonds. The van der Waals surface area contributed by atoms with Gasteiger partial charge in [0.1, 0.15) is 0 Å². The Balaban J connectivity index is 2.79. The second-order valence-electron chi connectivity index (χ2n) is 5.87. The van der Waals surface area contributed by atoms with Crippen molar-refractivity contribution in [1.29, 1.82) is 0 Å². The molecule has 100 valence electrons. The first kappa shape index (κ1) is 14.1. The van der Waals surface area contributed by atoms with Crippen LogP contribution in [0.25, 0.3) is 9.40 Å². The van der Waals surface area contributed by atoms with Gasteiger partial charge in [-0.15, -0.1) is 22.7 Å². The molecule has 0 bridgehead atoms. The van der Waals surface area contributed by atoms with E-state index in [4.69, 9.17) is 0 Å².